The predicted octanol–water partition coefficient (Wildman–Crippen LogP) is -1.17. The van der Waals surface area contributed by atoms with Gasteiger partial charge in [-0.2, -0.15) is 0 Å². The lowest BCUT2D eigenvalue weighted by Gasteiger charge is -2.14. The Hall–Kier alpha value is -1.53. The van der Waals surface area contributed by atoms with E-state index in [1.54, 1.807) is 4.90 Å². The molecule has 1 aliphatic heterocycles. The molecule has 0 amide bonds. The fourth-order valence-corrected chi connectivity index (χ4v) is 1.49. The van der Waals surface area contributed by atoms with Crippen LogP contribution in [0.15, 0.2) is 12.4 Å². The maximum atomic E-state index is 10.4. The van der Waals surface area contributed by atoms with E-state index in [1.807, 2.05) is 0 Å². The van der Waals surface area contributed by atoms with E-state index < -0.39 is 12.2 Å². The van der Waals surface area contributed by atoms with E-state index in [0.717, 1.165) is 0 Å². The van der Waals surface area contributed by atoms with Crippen LogP contribution in [-0.2, 0) is 0 Å². The molecule has 6 nitrogen and oxygen atoms in total. The minimum absolute atomic E-state index is 0.307. The first-order valence-electron chi connectivity index (χ1n) is 4.59. The van der Waals surface area contributed by atoms with Crippen LogP contribution in [0.3, 0.4) is 0 Å². The van der Waals surface area contributed by atoms with E-state index in [2.05, 4.69) is 9.97 Å². The minimum atomic E-state index is -0.764. The Bertz CT molecular complexity index is 344. The van der Waals surface area contributed by atoms with Gasteiger partial charge in [0.15, 0.2) is 6.29 Å². The lowest BCUT2D eigenvalue weighted by Crippen LogP contribution is -2.23. The molecule has 1 aromatic heterocycles. The molecule has 15 heavy (non-hydrogen) atoms. The van der Waals surface area contributed by atoms with Crippen LogP contribution in [0.25, 0.3) is 0 Å². The highest BCUT2D eigenvalue weighted by molar-refractivity contribution is 5.73. The Morgan fingerprint density at radius 3 is 2.27 bits per heavy atom. The molecule has 0 radical (unpaired) electrons. The van der Waals surface area contributed by atoms with Crippen molar-refractivity contribution >= 4 is 12.2 Å². The number of aldehydes is 1. The summed E-state index contributed by atoms with van der Waals surface area (Å²) in [6.07, 6.45) is 1.95. The Balaban J connectivity index is 2.13. The topological polar surface area (TPSA) is 86.6 Å². The third-order valence-electron chi connectivity index (χ3n) is 2.34. The van der Waals surface area contributed by atoms with Crippen molar-refractivity contribution in [2.75, 3.05) is 18.0 Å². The van der Waals surface area contributed by atoms with E-state index in [-0.39, 0.29) is 0 Å². The monoisotopic (exact) mass is 209 g/mol. The van der Waals surface area contributed by atoms with Gasteiger partial charge >= 0.3 is 0 Å². The van der Waals surface area contributed by atoms with E-state index in [4.69, 9.17) is 0 Å². The average molecular weight is 209 g/mol. The van der Waals surface area contributed by atoms with Gasteiger partial charge in [0.05, 0.1) is 17.8 Å². The average Bonchev–Trinajstić information content (AvgIpc) is 2.59. The molecule has 80 valence electrons. The van der Waals surface area contributed by atoms with Gasteiger partial charge in [-0.3, -0.25) is 4.79 Å². The second-order valence-corrected chi connectivity index (χ2v) is 3.47. The van der Waals surface area contributed by atoms with Crippen LogP contribution in [0, 0.1) is 0 Å². The second-order valence-electron chi connectivity index (χ2n) is 3.47. The molecule has 0 aliphatic carbocycles. The largest absolute Gasteiger partial charge is 0.388 e. The molecule has 1 fully saturated rings. The molecule has 1 saturated heterocycles. The van der Waals surface area contributed by atoms with Gasteiger partial charge in [-0.05, 0) is 0 Å². The van der Waals surface area contributed by atoms with Crippen molar-refractivity contribution < 1.29 is 15.0 Å². The molecule has 6 heteroatoms. The zero-order chi connectivity index (χ0) is 10.8. The Labute approximate surface area is 86.2 Å². The molecular weight excluding hydrogens is 198 g/mol. The van der Waals surface area contributed by atoms with E-state index in [1.165, 1.54) is 12.4 Å². The summed E-state index contributed by atoms with van der Waals surface area (Å²) in [4.78, 5) is 20.0. The highest BCUT2D eigenvalue weighted by Crippen LogP contribution is 2.15. The smallest absolute Gasteiger partial charge is 0.225 e. The fourth-order valence-electron chi connectivity index (χ4n) is 1.49. The van der Waals surface area contributed by atoms with Crippen LogP contribution in [0.4, 0.5) is 5.95 Å². The van der Waals surface area contributed by atoms with Crippen molar-refractivity contribution in [3.05, 3.63) is 18.0 Å². The van der Waals surface area contributed by atoms with Crippen molar-refractivity contribution in [1.29, 1.82) is 0 Å². The molecule has 2 N–H and O–H groups in total. The van der Waals surface area contributed by atoms with Crippen LogP contribution >= 0.6 is 0 Å². The van der Waals surface area contributed by atoms with Crippen LogP contribution < -0.4 is 4.90 Å². The van der Waals surface area contributed by atoms with Gasteiger partial charge in [-0.25, -0.2) is 9.97 Å². The van der Waals surface area contributed by atoms with Gasteiger partial charge in [0.2, 0.25) is 5.95 Å². The number of nitrogens with zero attached hydrogens (tertiary/aromatic N) is 3. The van der Waals surface area contributed by atoms with Crippen molar-refractivity contribution in [2.24, 2.45) is 0 Å². The number of carbonyl (C=O) groups excluding carboxylic acids is 1. The molecule has 0 saturated carbocycles. The number of β-amino-alcohol motifs (C(OH)–C–C–N with tert-alkyl or cyclic N) is 2. The molecule has 2 heterocycles. The normalized spacial score (nSPS) is 25.6. The molecular formula is C9H11N3O3. The third kappa shape index (κ3) is 1.95. The maximum absolute atomic E-state index is 10.4. The summed E-state index contributed by atoms with van der Waals surface area (Å²) in [6, 6.07) is 0. The zero-order valence-corrected chi connectivity index (χ0v) is 7.95. The molecule has 2 atom stereocenters. The predicted molar refractivity (Wildman–Crippen MR) is 51.6 cm³/mol. The number of anilines is 1. The first-order valence-corrected chi connectivity index (χ1v) is 4.59. The highest BCUT2D eigenvalue weighted by atomic mass is 16.3. The van der Waals surface area contributed by atoms with Crippen LogP contribution in [0.1, 0.15) is 10.4 Å². The van der Waals surface area contributed by atoms with Crippen molar-refractivity contribution in [3.8, 4) is 0 Å². The van der Waals surface area contributed by atoms with Gasteiger partial charge in [0, 0.05) is 25.5 Å². The molecule has 1 aromatic rings. The van der Waals surface area contributed by atoms with Crippen molar-refractivity contribution in [1.82, 2.24) is 9.97 Å². The first-order chi connectivity index (χ1) is 7.20. The minimum Gasteiger partial charge on any atom is -0.388 e. The fraction of sp³-hybridized carbons (Fsp3) is 0.444. The van der Waals surface area contributed by atoms with Crippen molar-refractivity contribution in [2.45, 2.75) is 12.2 Å². The molecule has 0 aromatic carbocycles. The lowest BCUT2D eigenvalue weighted by atomic mass is 10.3. The summed E-state index contributed by atoms with van der Waals surface area (Å²) >= 11 is 0. The maximum Gasteiger partial charge on any atom is 0.225 e. The Morgan fingerprint density at radius 2 is 1.80 bits per heavy atom. The molecule has 2 unspecified atom stereocenters. The summed E-state index contributed by atoms with van der Waals surface area (Å²) in [6.45, 7) is 0.614. The number of hydrogen-bond acceptors (Lipinski definition) is 6. The van der Waals surface area contributed by atoms with Gasteiger partial charge < -0.3 is 15.1 Å². The van der Waals surface area contributed by atoms with Crippen LogP contribution in [-0.4, -0.2) is 51.8 Å². The highest BCUT2D eigenvalue weighted by Gasteiger charge is 2.30. The van der Waals surface area contributed by atoms with E-state index >= 15 is 0 Å². The number of carbonyl (C=O) groups is 1. The quantitative estimate of drug-likeness (QED) is 0.597. The van der Waals surface area contributed by atoms with Gasteiger partial charge in [0.1, 0.15) is 0 Å². The number of aliphatic hydroxyl groups is 2. The Morgan fingerprint density at radius 1 is 1.27 bits per heavy atom. The SMILES string of the molecule is O=Cc1cnc(N2CC(O)C(O)C2)nc1. The van der Waals surface area contributed by atoms with Crippen LogP contribution in [0.2, 0.25) is 0 Å². The number of hydrogen-bond donors (Lipinski definition) is 2. The first kappa shape index (κ1) is 10.0. The summed E-state index contributed by atoms with van der Waals surface area (Å²) < 4.78 is 0. The van der Waals surface area contributed by atoms with Crippen molar-refractivity contribution in [3.63, 3.8) is 0 Å². The summed E-state index contributed by atoms with van der Waals surface area (Å²) in [7, 11) is 0. The zero-order valence-electron chi connectivity index (χ0n) is 7.95. The summed E-state index contributed by atoms with van der Waals surface area (Å²) in [5.74, 6) is 0.413. The molecule has 0 spiro atoms. The standard InChI is InChI=1S/C9H11N3O3/c13-5-6-1-10-9(11-2-6)12-3-7(14)8(15)4-12/h1-2,5,7-8,14-15H,3-4H2. The Kier molecular flexibility index (Phi) is 2.61. The molecule has 1 aliphatic rings. The number of aliphatic hydroxyl groups excluding tert-OH is 2. The molecule has 2 rings (SSSR count). The van der Waals surface area contributed by atoms with E-state index in [0.29, 0.717) is 30.9 Å². The third-order valence-corrected chi connectivity index (χ3v) is 2.34. The van der Waals surface area contributed by atoms with E-state index in [9.17, 15) is 15.0 Å². The summed E-state index contributed by atoms with van der Waals surface area (Å²) in [5.41, 5.74) is 0.402. The number of rotatable bonds is 2. The van der Waals surface area contributed by atoms with Gasteiger partial charge in [-0.1, -0.05) is 0 Å². The second kappa shape index (κ2) is 3.92. The van der Waals surface area contributed by atoms with Gasteiger partial charge in [-0.15, -0.1) is 0 Å². The lowest BCUT2D eigenvalue weighted by molar-refractivity contribution is 0.0572. The number of aromatic nitrogens is 2. The van der Waals surface area contributed by atoms with Gasteiger partial charge in [0.25, 0.3) is 0 Å². The van der Waals surface area contributed by atoms with Crippen LogP contribution in [0.5, 0.6) is 0 Å². The summed E-state index contributed by atoms with van der Waals surface area (Å²) in [5, 5.41) is 18.7. The molecule has 0 bridgehead atoms.